The number of aryl methyl sites for hydroxylation is 2. The Kier molecular flexibility index (Phi) is 7.91. The molecule has 1 aromatic heterocycles. The number of carboxylic acid groups (broad SMARTS) is 1. The van der Waals surface area contributed by atoms with Crippen LogP contribution in [0.4, 0.5) is 0 Å². The number of carboxylic acids is 1. The van der Waals surface area contributed by atoms with E-state index in [-0.39, 0.29) is 17.0 Å². The van der Waals surface area contributed by atoms with Crippen molar-refractivity contribution >= 4 is 29.2 Å². The molecule has 0 aliphatic carbocycles. The molecular formula is C29H24Cl2N2O4. The Morgan fingerprint density at radius 3 is 2.27 bits per heavy atom. The Morgan fingerprint density at radius 2 is 1.68 bits per heavy atom. The van der Waals surface area contributed by atoms with Gasteiger partial charge in [-0.1, -0.05) is 64.8 Å². The largest absolute Gasteiger partial charge is 0.478 e. The van der Waals surface area contributed by atoms with Crippen LogP contribution in [-0.2, 0) is 7.05 Å². The number of hydrogen-bond acceptors (Lipinski definition) is 4. The number of halogens is 2. The van der Waals surface area contributed by atoms with Gasteiger partial charge in [0.15, 0.2) is 0 Å². The number of pyridine rings is 1. The van der Waals surface area contributed by atoms with Gasteiger partial charge in [-0.2, -0.15) is 4.91 Å². The van der Waals surface area contributed by atoms with Crippen molar-refractivity contribution in [3.8, 4) is 11.1 Å². The normalized spacial score (nSPS) is 12.6. The van der Waals surface area contributed by atoms with Crippen LogP contribution in [0, 0.1) is 11.8 Å². The third-order valence-corrected chi connectivity index (χ3v) is 7.08. The molecule has 37 heavy (non-hydrogen) atoms. The number of nitrogens with zero attached hydrogens (tertiary/aromatic N) is 2. The fourth-order valence-corrected chi connectivity index (χ4v) is 5.06. The van der Waals surface area contributed by atoms with Crippen molar-refractivity contribution in [3.05, 3.63) is 132 Å². The molecule has 1 N–H and O–H groups in total. The topological polar surface area (TPSA) is 88.7 Å². The minimum absolute atomic E-state index is 0.173. The molecule has 4 aromatic rings. The van der Waals surface area contributed by atoms with Crippen molar-refractivity contribution in [1.82, 2.24) is 4.57 Å². The van der Waals surface area contributed by atoms with Gasteiger partial charge in [0.2, 0.25) is 5.56 Å². The molecule has 0 bridgehead atoms. The smallest absolute Gasteiger partial charge is 0.335 e. The van der Waals surface area contributed by atoms with Crippen molar-refractivity contribution in [3.63, 3.8) is 0 Å². The highest BCUT2D eigenvalue weighted by Crippen LogP contribution is 2.40. The maximum absolute atomic E-state index is 12.0. The van der Waals surface area contributed by atoms with Gasteiger partial charge in [0.25, 0.3) is 0 Å². The molecule has 4 rings (SSSR count). The third kappa shape index (κ3) is 5.82. The van der Waals surface area contributed by atoms with E-state index in [2.05, 4.69) is 5.18 Å². The van der Waals surface area contributed by atoms with Gasteiger partial charge in [-0.3, -0.25) is 4.79 Å². The van der Waals surface area contributed by atoms with Gasteiger partial charge in [-0.05, 0) is 77.1 Å². The van der Waals surface area contributed by atoms with E-state index in [0.29, 0.717) is 22.0 Å². The Balaban J connectivity index is 1.74. The van der Waals surface area contributed by atoms with Crippen LogP contribution in [0.25, 0.3) is 11.1 Å². The van der Waals surface area contributed by atoms with Crippen LogP contribution in [0.1, 0.15) is 51.0 Å². The maximum atomic E-state index is 12.0. The van der Waals surface area contributed by atoms with E-state index < -0.39 is 12.0 Å². The number of aromatic nitrogens is 1. The number of carbonyl (C=O) groups is 1. The van der Waals surface area contributed by atoms with E-state index in [9.17, 15) is 19.6 Å². The number of benzene rings is 3. The lowest BCUT2D eigenvalue weighted by molar-refractivity contribution is 0.0697. The van der Waals surface area contributed by atoms with Crippen molar-refractivity contribution in [2.24, 2.45) is 12.2 Å². The predicted molar refractivity (Wildman–Crippen MR) is 147 cm³/mol. The molecule has 0 amide bonds. The molecule has 0 radical (unpaired) electrons. The lowest BCUT2D eigenvalue weighted by atomic mass is 9.84. The average Bonchev–Trinajstić information content (AvgIpc) is 2.87. The van der Waals surface area contributed by atoms with Crippen molar-refractivity contribution in [2.45, 2.75) is 25.3 Å². The number of aromatic carboxylic acids is 1. The Morgan fingerprint density at radius 1 is 0.973 bits per heavy atom. The first-order valence-electron chi connectivity index (χ1n) is 11.6. The maximum Gasteiger partial charge on any atom is 0.335 e. The van der Waals surface area contributed by atoms with Crippen molar-refractivity contribution in [1.29, 1.82) is 0 Å². The molecule has 1 unspecified atom stereocenters. The summed E-state index contributed by atoms with van der Waals surface area (Å²) in [6.07, 6.45) is 1.95. The molecule has 0 spiro atoms. The SMILES string of the molecule is Cc1cc(C(=O)O)ccc1-c1ccc([C@@H](CC(N=O)c2ccc(=O)n(C)c2)c2ccc(Cl)cc2Cl)cc1. The lowest BCUT2D eigenvalue weighted by Gasteiger charge is -2.23. The second-order valence-electron chi connectivity index (χ2n) is 8.94. The van der Waals surface area contributed by atoms with Gasteiger partial charge >= 0.3 is 5.97 Å². The Labute approximate surface area is 224 Å². The van der Waals surface area contributed by atoms with Crippen molar-refractivity contribution in [2.75, 3.05) is 0 Å². The number of rotatable bonds is 8. The van der Waals surface area contributed by atoms with Crippen LogP contribution in [0.15, 0.2) is 89.0 Å². The molecular weight excluding hydrogens is 511 g/mol. The standard InChI is InChI=1S/C29H24Cl2N2O4/c1-17-13-20(29(35)36)7-10-23(17)18-3-5-19(6-4-18)25(24-11-9-22(30)14-26(24)31)15-27(32-37)21-8-12-28(34)33(2)16-21/h3-14,16,25,27H,15H2,1-2H3,(H,35,36)/t25-,27?/m1/s1. The minimum atomic E-state index is -0.968. The van der Waals surface area contributed by atoms with Crippen LogP contribution >= 0.6 is 23.2 Å². The number of hydrogen-bond donors (Lipinski definition) is 1. The summed E-state index contributed by atoms with van der Waals surface area (Å²) in [6.45, 7) is 1.87. The minimum Gasteiger partial charge on any atom is -0.478 e. The summed E-state index contributed by atoms with van der Waals surface area (Å²) in [5.41, 5.74) is 5.14. The van der Waals surface area contributed by atoms with E-state index in [4.69, 9.17) is 23.2 Å². The van der Waals surface area contributed by atoms with Gasteiger partial charge in [0.1, 0.15) is 6.04 Å². The highest BCUT2D eigenvalue weighted by atomic mass is 35.5. The molecule has 6 nitrogen and oxygen atoms in total. The zero-order valence-electron chi connectivity index (χ0n) is 20.2. The first-order valence-corrected chi connectivity index (χ1v) is 12.3. The first kappa shape index (κ1) is 26.3. The van der Waals surface area contributed by atoms with Gasteiger partial charge in [0.05, 0.1) is 5.56 Å². The Hall–Kier alpha value is -3.74. The summed E-state index contributed by atoms with van der Waals surface area (Å²) < 4.78 is 1.42. The molecule has 0 aliphatic heterocycles. The summed E-state index contributed by atoms with van der Waals surface area (Å²) in [4.78, 5) is 35.1. The van der Waals surface area contributed by atoms with Crippen LogP contribution in [0.2, 0.25) is 10.0 Å². The Bertz CT molecular complexity index is 1530. The molecule has 2 atom stereocenters. The summed E-state index contributed by atoms with van der Waals surface area (Å²) in [5.74, 6) is -1.25. The van der Waals surface area contributed by atoms with Crippen LogP contribution in [0.3, 0.4) is 0 Å². The first-order chi connectivity index (χ1) is 17.7. The zero-order valence-corrected chi connectivity index (χ0v) is 21.7. The van der Waals surface area contributed by atoms with Crippen LogP contribution < -0.4 is 5.56 Å². The van der Waals surface area contributed by atoms with Crippen LogP contribution in [-0.4, -0.2) is 15.6 Å². The molecule has 8 heteroatoms. The molecule has 0 fully saturated rings. The van der Waals surface area contributed by atoms with E-state index in [0.717, 1.165) is 27.8 Å². The molecule has 0 aliphatic rings. The molecule has 1 heterocycles. The summed E-state index contributed by atoms with van der Waals surface area (Å²) in [5, 5.41) is 13.6. The summed E-state index contributed by atoms with van der Waals surface area (Å²) >= 11 is 12.7. The summed E-state index contributed by atoms with van der Waals surface area (Å²) in [6, 6.07) is 20.5. The van der Waals surface area contributed by atoms with E-state index in [1.807, 2.05) is 37.3 Å². The quantitative estimate of drug-likeness (QED) is 0.238. The highest BCUT2D eigenvalue weighted by molar-refractivity contribution is 6.35. The zero-order chi connectivity index (χ0) is 26.7. The summed E-state index contributed by atoms with van der Waals surface area (Å²) in [7, 11) is 1.63. The van der Waals surface area contributed by atoms with Crippen LogP contribution in [0.5, 0.6) is 0 Å². The predicted octanol–water partition coefficient (Wildman–Crippen LogP) is 7.40. The second-order valence-corrected chi connectivity index (χ2v) is 9.79. The number of nitroso groups, excluding NO2 is 1. The van der Waals surface area contributed by atoms with E-state index in [1.54, 1.807) is 49.6 Å². The average molecular weight is 535 g/mol. The van der Waals surface area contributed by atoms with Gasteiger partial charge < -0.3 is 9.67 Å². The lowest BCUT2D eigenvalue weighted by Crippen LogP contribution is -2.16. The van der Waals surface area contributed by atoms with Gasteiger partial charge in [-0.15, -0.1) is 0 Å². The fourth-order valence-electron chi connectivity index (χ4n) is 4.52. The molecule has 0 saturated heterocycles. The van der Waals surface area contributed by atoms with Gasteiger partial charge in [0, 0.05) is 35.3 Å². The van der Waals surface area contributed by atoms with E-state index in [1.165, 1.54) is 10.6 Å². The molecule has 0 saturated carbocycles. The third-order valence-electron chi connectivity index (χ3n) is 6.52. The molecule has 3 aromatic carbocycles. The molecule has 188 valence electrons. The van der Waals surface area contributed by atoms with Crippen molar-refractivity contribution < 1.29 is 9.90 Å². The van der Waals surface area contributed by atoms with Gasteiger partial charge in [-0.25, -0.2) is 4.79 Å². The van der Waals surface area contributed by atoms with E-state index >= 15 is 0 Å². The highest BCUT2D eigenvalue weighted by Gasteiger charge is 2.25. The fraction of sp³-hybridized carbons (Fsp3) is 0.172. The monoisotopic (exact) mass is 534 g/mol. The second kappa shape index (κ2) is 11.1.